The number of thioether (sulfide) groups is 1. The summed E-state index contributed by atoms with van der Waals surface area (Å²) in [4.78, 5) is 38.7. The average molecular weight is 525 g/mol. The largest absolute Gasteiger partial charge is 0.468 e. The highest BCUT2D eigenvalue weighted by atomic mass is 32.2. The van der Waals surface area contributed by atoms with Crippen molar-refractivity contribution >= 4 is 29.5 Å². The van der Waals surface area contributed by atoms with Gasteiger partial charge < -0.3 is 19.2 Å². The third-order valence-corrected chi connectivity index (χ3v) is 6.14. The zero-order chi connectivity index (χ0) is 26.5. The maximum absolute atomic E-state index is 13.2. The smallest absolute Gasteiger partial charge is 0.409 e. The summed E-state index contributed by atoms with van der Waals surface area (Å²) < 4.78 is 16.2. The summed E-state index contributed by atoms with van der Waals surface area (Å²) in [7, 11) is 0. The van der Waals surface area contributed by atoms with Crippen molar-refractivity contribution in [2.45, 2.75) is 51.0 Å². The van der Waals surface area contributed by atoms with Gasteiger partial charge in [-0.1, -0.05) is 60.7 Å². The molecule has 2 aromatic carbocycles. The van der Waals surface area contributed by atoms with E-state index in [4.69, 9.17) is 13.9 Å². The molecular formula is C28H32N2O6S. The van der Waals surface area contributed by atoms with E-state index in [1.165, 1.54) is 11.8 Å². The van der Waals surface area contributed by atoms with E-state index >= 15 is 0 Å². The number of amides is 2. The van der Waals surface area contributed by atoms with E-state index in [2.05, 4.69) is 10.6 Å². The first kappa shape index (κ1) is 28.0. The van der Waals surface area contributed by atoms with Gasteiger partial charge in [0.1, 0.15) is 12.4 Å². The molecule has 0 saturated heterocycles. The molecule has 8 nitrogen and oxygen atoms in total. The number of ketones is 1. The molecule has 37 heavy (non-hydrogen) atoms. The second-order valence-corrected chi connectivity index (χ2v) is 9.55. The molecule has 2 atom stereocenters. The van der Waals surface area contributed by atoms with Crippen molar-refractivity contribution in [3.63, 3.8) is 0 Å². The Morgan fingerprint density at radius 3 is 2.19 bits per heavy atom. The van der Waals surface area contributed by atoms with Crippen LogP contribution in [0.4, 0.5) is 4.79 Å². The lowest BCUT2D eigenvalue weighted by Crippen LogP contribution is -2.54. The molecule has 3 aromatic rings. The molecule has 2 unspecified atom stereocenters. The Balaban J connectivity index is 1.63. The number of furan rings is 1. The number of benzene rings is 2. The number of nitrogens with one attached hydrogen (secondary N) is 2. The van der Waals surface area contributed by atoms with Crippen molar-refractivity contribution in [3.8, 4) is 0 Å². The van der Waals surface area contributed by atoms with E-state index in [-0.39, 0.29) is 24.2 Å². The minimum absolute atomic E-state index is 0.0463. The molecule has 0 aliphatic heterocycles. The predicted molar refractivity (Wildman–Crippen MR) is 142 cm³/mol. The van der Waals surface area contributed by atoms with Crippen LogP contribution in [0.5, 0.6) is 0 Å². The third-order valence-electron chi connectivity index (χ3n) is 5.16. The summed E-state index contributed by atoms with van der Waals surface area (Å²) in [6.45, 7) is 3.54. The van der Waals surface area contributed by atoms with E-state index in [1.54, 1.807) is 26.2 Å². The SMILES string of the molecule is CC(C)OC(NC(=O)OCc1ccccc1)C(=O)NC(Cc1ccccc1)C(=O)CSCc1ccco1. The lowest BCUT2D eigenvalue weighted by molar-refractivity contribution is -0.140. The molecule has 2 N–H and O–H groups in total. The van der Waals surface area contributed by atoms with Crippen LogP contribution in [0.25, 0.3) is 0 Å². The van der Waals surface area contributed by atoms with Crippen molar-refractivity contribution in [1.82, 2.24) is 10.6 Å². The Hall–Kier alpha value is -3.56. The minimum atomic E-state index is -1.33. The van der Waals surface area contributed by atoms with Crippen LogP contribution < -0.4 is 10.6 Å². The molecule has 0 aliphatic rings. The molecule has 0 saturated carbocycles. The van der Waals surface area contributed by atoms with E-state index in [0.29, 0.717) is 12.2 Å². The molecule has 0 bridgehead atoms. The monoisotopic (exact) mass is 524 g/mol. The molecule has 1 heterocycles. The Kier molecular flexibility index (Phi) is 11.3. The highest BCUT2D eigenvalue weighted by Crippen LogP contribution is 2.14. The number of hydrogen-bond donors (Lipinski definition) is 2. The fourth-order valence-corrected chi connectivity index (χ4v) is 4.27. The summed E-state index contributed by atoms with van der Waals surface area (Å²) in [6.07, 6.45) is -0.602. The van der Waals surface area contributed by atoms with Crippen LogP contribution in [0, 0.1) is 0 Å². The Labute approximate surface area is 221 Å². The summed E-state index contributed by atoms with van der Waals surface area (Å²) >= 11 is 1.40. The first-order valence-electron chi connectivity index (χ1n) is 12.0. The van der Waals surface area contributed by atoms with Gasteiger partial charge in [0.2, 0.25) is 6.23 Å². The maximum atomic E-state index is 13.2. The average Bonchev–Trinajstić information content (AvgIpc) is 3.41. The fraction of sp³-hybridized carbons (Fsp3) is 0.321. The van der Waals surface area contributed by atoms with Gasteiger partial charge in [0.25, 0.3) is 5.91 Å². The van der Waals surface area contributed by atoms with Gasteiger partial charge in [0.15, 0.2) is 5.78 Å². The molecule has 196 valence electrons. The van der Waals surface area contributed by atoms with Crippen LogP contribution in [-0.4, -0.2) is 41.9 Å². The van der Waals surface area contributed by atoms with Gasteiger partial charge in [-0.15, -0.1) is 11.8 Å². The molecule has 0 radical (unpaired) electrons. The highest BCUT2D eigenvalue weighted by Gasteiger charge is 2.28. The summed E-state index contributed by atoms with van der Waals surface area (Å²) in [5, 5.41) is 5.24. The number of carbonyl (C=O) groups excluding carboxylic acids is 3. The Bertz CT molecular complexity index is 1110. The topological polar surface area (TPSA) is 107 Å². The summed E-state index contributed by atoms with van der Waals surface area (Å²) in [5.41, 5.74) is 1.71. The van der Waals surface area contributed by atoms with Crippen molar-refractivity contribution in [1.29, 1.82) is 0 Å². The van der Waals surface area contributed by atoms with Crippen molar-refractivity contribution in [2.75, 3.05) is 5.75 Å². The van der Waals surface area contributed by atoms with Crippen molar-refractivity contribution in [3.05, 3.63) is 95.9 Å². The fourth-order valence-electron chi connectivity index (χ4n) is 3.40. The number of hydrogen-bond acceptors (Lipinski definition) is 7. The zero-order valence-corrected chi connectivity index (χ0v) is 21.7. The summed E-state index contributed by atoms with van der Waals surface area (Å²) in [5.74, 6) is 0.712. The lowest BCUT2D eigenvalue weighted by Gasteiger charge is -2.24. The van der Waals surface area contributed by atoms with Gasteiger partial charge in [0.05, 0.1) is 29.9 Å². The van der Waals surface area contributed by atoms with Crippen molar-refractivity contribution in [2.24, 2.45) is 0 Å². The molecule has 0 fully saturated rings. The second kappa shape index (κ2) is 14.9. The lowest BCUT2D eigenvalue weighted by atomic mass is 10.0. The Morgan fingerprint density at radius 1 is 0.892 bits per heavy atom. The summed E-state index contributed by atoms with van der Waals surface area (Å²) in [6, 6.07) is 21.4. The molecule has 2 amide bonds. The van der Waals surface area contributed by atoms with Crippen LogP contribution in [0.15, 0.2) is 83.5 Å². The maximum Gasteiger partial charge on any atom is 0.409 e. The molecule has 0 spiro atoms. The zero-order valence-electron chi connectivity index (χ0n) is 20.9. The van der Waals surface area contributed by atoms with Crippen LogP contribution in [0.3, 0.4) is 0 Å². The third kappa shape index (κ3) is 10.1. The minimum Gasteiger partial charge on any atom is -0.468 e. The molecule has 0 aliphatic carbocycles. The van der Waals surface area contributed by atoms with E-state index in [1.807, 2.05) is 66.7 Å². The van der Waals surface area contributed by atoms with Gasteiger partial charge in [-0.25, -0.2) is 4.79 Å². The predicted octanol–water partition coefficient (Wildman–Crippen LogP) is 4.49. The van der Waals surface area contributed by atoms with Crippen LogP contribution >= 0.6 is 11.8 Å². The van der Waals surface area contributed by atoms with Crippen molar-refractivity contribution < 1.29 is 28.3 Å². The highest BCUT2D eigenvalue weighted by molar-refractivity contribution is 7.99. The number of carbonyl (C=O) groups is 3. The van der Waals surface area contributed by atoms with Gasteiger partial charge in [-0.3, -0.25) is 14.9 Å². The first-order valence-corrected chi connectivity index (χ1v) is 13.2. The molecule has 9 heteroatoms. The molecule has 3 rings (SSSR count). The quantitative estimate of drug-likeness (QED) is 0.299. The van der Waals surface area contributed by atoms with E-state index < -0.39 is 24.3 Å². The van der Waals surface area contributed by atoms with Crippen LogP contribution in [0.1, 0.15) is 30.7 Å². The van der Waals surface area contributed by atoms with Gasteiger partial charge in [-0.05, 0) is 43.5 Å². The van der Waals surface area contributed by atoms with Crippen LogP contribution in [0.2, 0.25) is 0 Å². The number of ether oxygens (including phenoxy) is 2. The normalized spacial score (nSPS) is 12.5. The van der Waals surface area contributed by atoms with E-state index in [0.717, 1.165) is 16.9 Å². The molecular weight excluding hydrogens is 492 g/mol. The Morgan fingerprint density at radius 2 is 1.57 bits per heavy atom. The number of Topliss-reactive ketones (excluding diaryl/α,β-unsaturated/α-hetero) is 1. The van der Waals surface area contributed by atoms with Gasteiger partial charge in [-0.2, -0.15) is 0 Å². The van der Waals surface area contributed by atoms with Gasteiger partial charge in [0, 0.05) is 0 Å². The first-order chi connectivity index (χ1) is 17.9. The van der Waals surface area contributed by atoms with Crippen LogP contribution in [-0.2, 0) is 37.8 Å². The standard InChI is InChI=1S/C28H32N2O6S/c1-20(2)36-27(30-28(33)35-17-22-12-7-4-8-13-22)26(32)29-24(16-21-10-5-3-6-11-21)25(31)19-37-18-23-14-9-15-34-23/h3-15,20,24,27H,16-19H2,1-2H3,(H,29,32)(H,30,33). The van der Waals surface area contributed by atoms with E-state index in [9.17, 15) is 14.4 Å². The second-order valence-electron chi connectivity index (χ2n) is 8.56. The number of rotatable bonds is 14. The van der Waals surface area contributed by atoms with Gasteiger partial charge >= 0.3 is 6.09 Å². The molecule has 1 aromatic heterocycles. The number of alkyl carbamates (subject to hydrolysis) is 1.